The lowest BCUT2D eigenvalue weighted by molar-refractivity contribution is 0.667. The number of nitrogens with zero attached hydrogens (tertiary/aromatic N) is 6. The summed E-state index contributed by atoms with van der Waals surface area (Å²) in [7, 11) is 0. The van der Waals surface area contributed by atoms with E-state index >= 15 is 0 Å². The third kappa shape index (κ3) is 4.89. The molecule has 0 amide bonds. The Balaban J connectivity index is 1.06. The van der Waals surface area contributed by atoms with Crippen LogP contribution in [0.1, 0.15) is 0 Å². The van der Waals surface area contributed by atoms with E-state index < -0.39 is 0 Å². The zero-order valence-corrected chi connectivity index (χ0v) is 34.2. The van der Waals surface area contributed by atoms with Crippen LogP contribution in [0.5, 0.6) is 0 Å². The summed E-state index contributed by atoms with van der Waals surface area (Å²) in [5.41, 5.74) is 11.8. The van der Waals surface area contributed by atoms with Crippen molar-refractivity contribution in [2.45, 2.75) is 0 Å². The van der Waals surface area contributed by atoms with Gasteiger partial charge in [-0.2, -0.15) is 9.97 Å². The van der Waals surface area contributed by atoms with Crippen molar-refractivity contribution < 1.29 is 4.42 Å². The maximum Gasteiger partial charge on any atom is 0.238 e. The van der Waals surface area contributed by atoms with Crippen molar-refractivity contribution in [2.75, 3.05) is 0 Å². The van der Waals surface area contributed by atoms with Gasteiger partial charge in [-0.3, -0.25) is 4.57 Å². The largest absolute Gasteiger partial charge is 0.453 e. The van der Waals surface area contributed by atoms with Gasteiger partial charge in [0.15, 0.2) is 17.2 Å². The normalized spacial score (nSPS) is 12.1. The monoisotopic (exact) mass is 818 g/mol. The van der Waals surface area contributed by atoms with E-state index in [1.54, 1.807) is 0 Å². The van der Waals surface area contributed by atoms with Gasteiger partial charge < -0.3 is 13.6 Å². The average molecular weight is 819 g/mol. The highest BCUT2D eigenvalue weighted by Gasteiger charge is 2.25. The van der Waals surface area contributed by atoms with Crippen LogP contribution in [0.3, 0.4) is 0 Å². The molecule has 7 heteroatoms. The molecule has 0 fully saturated rings. The molecule has 0 aliphatic carbocycles. The van der Waals surface area contributed by atoms with Gasteiger partial charge in [0.05, 0.1) is 44.4 Å². The fourth-order valence-corrected chi connectivity index (χ4v) is 10.2. The molecule has 9 aromatic carbocycles. The number of fused-ring (bicyclic) bond motifs is 13. The standard InChI is InChI=1S/C57H34N6O/c1-3-17-35(18-4-1)55-58-56(60-57(59-55)63-48-30-13-7-21-37(48)38-22-8-14-31-49(38)63)45-27-15-25-43-44-26-16-32-50(54(44)64-53(43)45)62-47-29-12-10-24-40(47)42-34-33-41-39-23-9-11-28-46(39)61(51(41)52(42)62)36-19-5-2-6-20-36/h1-34H. The number of furan rings is 1. The number of para-hydroxylation sites is 7. The first kappa shape index (κ1) is 34.9. The van der Waals surface area contributed by atoms with Gasteiger partial charge in [-0.25, -0.2) is 4.98 Å². The third-order valence-electron chi connectivity index (χ3n) is 12.9. The van der Waals surface area contributed by atoms with Crippen LogP contribution < -0.4 is 0 Å². The van der Waals surface area contributed by atoms with E-state index in [4.69, 9.17) is 19.4 Å². The van der Waals surface area contributed by atoms with E-state index in [1.807, 2.05) is 30.3 Å². The molecule has 0 saturated carbocycles. The highest BCUT2D eigenvalue weighted by molar-refractivity contribution is 6.24. The summed E-state index contributed by atoms with van der Waals surface area (Å²) in [5, 5.41) is 9.02. The first-order valence-corrected chi connectivity index (χ1v) is 21.5. The van der Waals surface area contributed by atoms with Crippen molar-refractivity contribution in [1.82, 2.24) is 28.7 Å². The molecule has 0 radical (unpaired) electrons. The SMILES string of the molecule is c1ccc(-c2nc(-c3cccc4c3oc3c(-n5c6ccccc6c6ccc7c8ccccc8n(-c8ccccc8)c7c65)cccc34)nc(-n3c4ccccc4c4ccccc43)n2)cc1. The van der Waals surface area contributed by atoms with Crippen LogP contribution in [0, 0.1) is 0 Å². The zero-order valence-electron chi connectivity index (χ0n) is 34.2. The minimum Gasteiger partial charge on any atom is -0.453 e. The molecule has 0 saturated heterocycles. The smallest absolute Gasteiger partial charge is 0.238 e. The van der Waals surface area contributed by atoms with Crippen molar-refractivity contribution in [3.8, 4) is 40.1 Å². The number of rotatable bonds is 5. The average Bonchev–Trinajstić information content (AvgIpc) is 4.11. The lowest BCUT2D eigenvalue weighted by Crippen LogP contribution is -2.06. The molecule has 14 rings (SSSR count). The molecule has 14 aromatic rings. The summed E-state index contributed by atoms with van der Waals surface area (Å²) in [6.45, 7) is 0. The molecule has 0 atom stereocenters. The summed E-state index contributed by atoms with van der Waals surface area (Å²) in [6.07, 6.45) is 0. The van der Waals surface area contributed by atoms with Gasteiger partial charge in [-0.05, 0) is 48.5 Å². The first-order valence-electron chi connectivity index (χ1n) is 21.5. The molecule has 5 heterocycles. The minimum atomic E-state index is 0.530. The fraction of sp³-hybridized carbons (Fsp3) is 0. The van der Waals surface area contributed by atoms with Gasteiger partial charge >= 0.3 is 0 Å². The van der Waals surface area contributed by atoms with Crippen LogP contribution in [0.15, 0.2) is 211 Å². The van der Waals surface area contributed by atoms with Crippen LogP contribution in [-0.2, 0) is 0 Å². The van der Waals surface area contributed by atoms with E-state index in [0.717, 1.165) is 82.7 Å². The lowest BCUT2D eigenvalue weighted by atomic mass is 10.1. The van der Waals surface area contributed by atoms with E-state index in [9.17, 15) is 0 Å². The Kier molecular flexibility index (Phi) is 7.27. The molecule has 0 aliphatic heterocycles. The van der Waals surface area contributed by atoms with Gasteiger partial charge in [0.25, 0.3) is 0 Å². The van der Waals surface area contributed by atoms with Crippen molar-refractivity contribution in [3.05, 3.63) is 206 Å². The van der Waals surface area contributed by atoms with Crippen LogP contribution in [0.25, 0.3) is 127 Å². The van der Waals surface area contributed by atoms with Crippen LogP contribution in [-0.4, -0.2) is 28.7 Å². The predicted octanol–water partition coefficient (Wildman–Crippen LogP) is 14.4. The van der Waals surface area contributed by atoms with Crippen LogP contribution in [0.2, 0.25) is 0 Å². The van der Waals surface area contributed by atoms with E-state index in [2.05, 4.69) is 190 Å². The molecule has 0 unspecified atom stereocenters. The summed E-state index contributed by atoms with van der Waals surface area (Å²) in [4.78, 5) is 15.7. The molecular formula is C57H34N6O. The summed E-state index contributed by atoms with van der Waals surface area (Å²) in [6, 6.07) is 72.4. The molecule has 64 heavy (non-hydrogen) atoms. The Hall–Kier alpha value is -8.81. The van der Waals surface area contributed by atoms with E-state index in [-0.39, 0.29) is 0 Å². The minimum absolute atomic E-state index is 0.530. The van der Waals surface area contributed by atoms with Crippen molar-refractivity contribution in [2.24, 2.45) is 0 Å². The fourth-order valence-electron chi connectivity index (χ4n) is 10.2. The number of aromatic nitrogens is 6. The molecule has 298 valence electrons. The maximum atomic E-state index is 7.26. The zero-order chi connectivity index (χ0) is 41.9. The maximum absolute atomic E-state index is 7.26. The number of hydrogen-bond acceptors (Lipinski definition) is 4. The van der Waals surface area contributed by atoms with Crippen LogP contribution >= 0.6 is 0 Å². The van der Waals surface area contributed by atoms with Crippen molar-refractivity contribution in [3.63, 3.8) is 0 Å². The second kappa shape index (κ2) is 13.3. The van der Waals surface area contributed by atoms with Gasteiger partial charge in [0.2, 0.25) is 5.95 Å². The Morgan fingerprint density at radius 1 is 0.312 bits per heavy atom. The van der Waals surface area contributed by atoms with E-state index in [1.165, 1.54) is 21.5 Å². The van der Waals surface area contributed by atoms with E-state index in [0.29, 0.717) is 23.2 Å². The molecule has 7 nitrogen and oxygen atoms in total. The number of hydrogen-bond donors (Lipinski definition) is 0. The number of benzene rings is 9. The predicted molar refractivity (Wildman–Crippen MR) is 261 cm³/mol. The summed E-state index contributed by atoms with van der Waals surface area (Å²) in [5.74, 6) is 1.65. The Labute approximate surface area is 365 Å². The second-order valence-electron chi connectivity index (χ2n) is 16.4. The Morgan fingerprint density at radius 3 is 1.42 bits per heavy atom. The summed E-state index contributed by atoms with van der Waals surface area (Å²) < 4.78 is 14.2. The second-order valence-corrected chi connectivity index (χ2v) is 16.4. The highest BCUT2D eigenvalue weighted by Crippen LogP contribution is 2.45. The highest BCUT2D eigenvalue weighted by atomic mass is 16.3. The molecule has 0 spiro atoms. The Morgan fingerprint density at radius 2 is 0.781 bits per heavy atom. The van der Waals surface area contributed by atoms with Gasteiger partial charge in [-0.1, -0.05) is 158 Å². The Bertz CT molecular complexity index is 4140. The lowest BCUT2D eigenvalue weighted by Gasteiger charge is -2.12. The van der Waals surface area contributed by atoms with Crippen molar-refractivity contribution in [1.29, 1.82) is 0 Å². The molecule has 0 bridgehead atoms. The third-order valence-corrected chi connectivity index (χ3v) is 12.9. The molecule has 5 aromatic heterocycles. The molecule has 0 N–H and O–H groups in total. The van der Waals surface area contributed by atoms with Gasteiger partial charge in [0, 0.05) is 54.3 Å². The quantitative estimate of drug-likeness (QED) is 0.173. The van der Waals surface area contributed by atoms with Crippen molar-refractivity contribution >= 4 is 87.4 Å². The molecular weight excluding hydrogens is 785 g/mol. The summed E-state index contributed by atoms with van der Waals surface area (Å²) >= 11 is 0. The first-order chi connectivity index (χ1) is 31.8. The van der Waals surface area contributed by atoms with Gasteiger partial charge in [0.1, 0.15) is 5.58 Å². The topological polar surface area (TPSA) is 66.6 Å². The van der Waals surface area contributed by atoms with Crippen LogP contribution in [0.4, 0.5) is 0 Å². The van der Waals surface area contributed by atoms with Gasteiger partial charge in [-0.15, -0.1) is 0 Å². The molecule has 0 aliphatic rings.